The summed E-state index contributed by atoms with van der Waals surface area (Å²) < 4.78 is 5.25. The maximum atomic E-state index is 6.03. The van der Waals surface area contributed by atoms with E-state index in [1.807, 2.05) is 30.3 Å². The molecule has 0 aliphatic heterocycles. The van der Waals surface area contributed by atoms with E-state index >= 15 is 0 Å². The number of aromatic nitrogens is 2. The van der Waals surface area contributed by atoms with Gasteiger partial charge in [0.2, 0.25) is 5.88 Å². The van der Waals surface area contributed by atoms with Crippen LogP contribution in [0.5, 0.6) is 5.88 Å². The number of ether oxygens (including phenoxy) is 1. The first-order chi connectivity index (χ1) is 8.79. The van der Waals surface area contributed by atoms with Gasteiger partial charge in [0, 0.05) is 11.5 Å². The normalized spacial score (nSPS) is 14.5. The van der Waals surface area contributed by atoms with Gasteiger partial charge in [-0.05, 0) is 12.8 Å². The number of methoxy groups -OCH3 is 1. The summed E-state index contributed by atoms with van der Waals surface area (Å²) in [6.45, 7) is 0. The Kier molecular flexibility index (Phi) is 2.63. The highest BCUT2D eigenvalue weighted by molar-refractivity contribution is 5.62. The monoisotopic (exact) mass is 241 g/mol. The number of nitrogens with two attached hydrogens (primary N) is 1. The van der Waals surface area contributed by atoms with Crippen LogP contribution in [0.1, 0.15) is 24.5 Å². The number of anilines is 1. The molecule has 1 fully saturated rings. The number of nitrogens with zero attached hydrogens (tertiary/aromatic N) is 2. The van der Waals surface area contributed by atoms with Crippen molar-refractivity contribution in [2.24, 2.45) is 0 Å². The molecule has 0 saturated heterocycles. The molecule has 2 N–H and O–H groups in total. The van der Waals surface area contributed by atoms with Gasteiger partial charge in [-0.25, -0.2) is 4.98 Å². The van der Waals surface area contributed by atoms with Crippen molar-refractivity contribution in [1.82, 2.24) is 9.97 Å². The molecular weight excluding hydrogens is 226 g/mol. The molecule has 4 nitrogen and oxygen atoms in total. The average Bonchev–Trinajstić information content (AvgIpc) is 3.24. The topological polar surface area (TPSA) is 61.0 Å². The van der Waals surface area contributed by atoms with Crippen LogP contribution in [0.25, 0.3) is 11.4 Å². The summed E-state index contributed by atoms with van der Waals surface area (Å²) in [5.74, 6) is 1.64. The summed E-state index contributed by atoms with van der Waals surface area (Å²) in [7, 11) is 1.59. The molecule has 0 unspecified atom stereocenters. The minimum Gasteiger partial charge on any atom is -0.479 e. The van der Waals surface area contributed by atoms with Gasteiger partial charge in [0.25, 0.3) is 0 Å². The zero-order chi connectivity index (χ0) is 12.5. The Hall–Kier alpha value is -2.10. The molecule has 1 heterocycles. The lowest BCUT2D eigenvalue weighted by molar-refractivity contribution is 0.399. The van der Waals surface area contributed by atoms with Gasteiger partial charge in [0.15, 0.2) is 5.82 Å². The molecule has 0 spiro atoms. The average molecular weight is 241 g/mol. The van der Waals surface area contributed by atoms with Crippen LogP contribution in [0.4, 0.5) is 5.69 Å². The van der Waals surface area contributed by atoms with E-state index in [0.29, 0.717) is 23.3 Å². The molecule has 0 amide bonds. The Balaban J connectivity index is 2.13. The van der Waals surface area contributed by atoms with E-state index in [1.54, 1.807) is 7.11 Å². The van der Waals surface area contributed by atoms with Crippen molar-refractivity contribution < 1.29 is 4.74 Å². The fourth-order valence-electron chi connectivity index (χ4n) is 2.01. The standard InChI is InChI=1S/C14H15N3O/c1-18-14-11(15)12(9-7-8-9)16-13(17-14)10-5-3-2-4-6-10/h2-6,9H,7-8,15H2,1H3. The van der Waals surface area contributed by atoms with Crippen LogP contribution >= 0.6 is 0 Å². The first-order valence-corrected chi connectivity index (χ1v) is 6.06. The lowest BCUT2D eigenvalue weighted by Gasteiger charge is -2.10. The molecule has 3 rings (SSSR count). The fraction of sp³-hybridized carbons (Fsp3) is 0.286. The van der Waals surface area contributed by atoms with Gasteiger partial charge >= 0.3 is 0 Å². The number of rotatable bonds is 3. The number of hydrogen-bond acceptors (Lipinski definition) is 4. The summed E-state index contributed by atoms with van der Waals surface area (Å²) in [5, 5.41) is 0. The highest BCUT2D eigenvalue weighted by Crippen LogP contribution is 2.44. The Morgan fingerprint density at radius 3 is 2.50 bits per heavy atom. The van der Waals surface area contributed by atoms with E-state index in [9.17, 15) is 0 Å². The summed E-state index contributed by atoms with van der Waals surface area (Å²) in [4.78, 5) is 8.97. The molecule has 4 heteroatoms. The number of hydrogen-bond donors (Lipinski definition) is 1. The number of nitrogen functional groups attached to an aromatic ring is 1. The largest absolute Gasteiger partial charge is 0.479 e. The third-order valence-corrected chi connectivity index (χ3v) is 3.13. The van der Waals surface area contributed by atoms with E-state index < -0.39 is 0 Å². The van der Waals surface area contributed by atoms with Gasteiger partial charge in [-0.1, -0.05) is 30.3 Å². The second-order valence-electron chi connectivity index (χ2n) is 4.50. The van der Waals surface area contributed by atoms with Crippen molar-refractivity contribution >= 4 is 5.69 Å². The summed E-state index contributed by atoms with van der Waals surface area (Å²) in [6.07, 6.45) is 2.30. The second-order valence-corrected chi connectivity index (χ2v) is 4.50. The van der Waals surface area contributed by atoms with Gasteiger partial charge in [-0.15, -0.1) is 0 Å². The zero-order valence-electron chi connectivity index (χ0n) is 10.3. The minimum atomic E-state index is 0.476. The molecule has 1 aromatic carbocycles. The second kappa shape index (κ2) is 4.29. The molecule has 1 aliphatic rings. The maximum Gasteiger partial charge on any atom is 0.240 e. The molecule has 0 radical (unpaired) electrons. The SMILES string of the molecule is COc1nc(-c2ccccc2)nc(C2CC2)c1N. The molecule has 0 bridgehead atoms. The Bertz CT molecular complexity index is 565. The van der Waals surface area contributed by atoms with Crippen LogP contribution in [-0.2, 0) is 0 Å². The van der Waals surface area contributed by atoms with E-state index in [0.717, 1.165) is 24.1 Å². The lowest BCUT2D eigenvalue weighted by atomic mass is 10.2. The van der Waals surface area contributed by atoms with Crippen molar-refractivity contribution in [2.45, 2.75) is 18.8 Å². The molecule has 92 valence electrons. The third kappa shape index (κ3) is 1.90. The lowest BCUT2D eigenvalue weighted by Crippen LogP contribution is -2.04. The van der Waals surface area contributed by atoms with Gasteiger partial charge in [0.05, 0.1) is 12.8 Å². The first kappa shape index (κ1) is 11.0. The van der Waals surface area contributed by atoms with E-state index in [-0.39, 0.29) is 0 Å². The first-order valence-electron chi connectivity index (χ1n) is 6.06. The Labute approximate surface area is 106 Å². The third-order valence-electron chi connectivity index (χ3n) is 3.13. The zero-order valence-corrected chi connectivity index (χ0v) is 10.3. The van der Waals surface area contributed by atoms with Crippen molar-refractivity contribution in [1.29, 1.82) is 0 Å². The predicted octanol–water partition coefficient (Wildman–Crippen LogP) is 2.61. The molecule has 1 aromatic heterocycles. The minimum absolute atomic E-state index is 0.476. The van der Waals surface area contributed by atoms with Crippen molar-refractivity contribution in [3.8, 4) is 17.3 Å². The van der Waals surface area contributed by atoms with E-state index in [2.05, 4.69) is 9.97 Å². The number of benzene rings is 1. The molecular formula is C14H15N3O. The Morgan fingerprint density at radius 1 is 1.17 bits per heavy atom. The summed E-state index contributed by atoms with van der Waals surface area (Å²) >= 11 is 0. The fourth-order valence-corrected chi connectivity index (χ4v) is 2.01. The van der Waals surface area contributed by atoms with Gasteiger partial charge in [-0.3, -0.25) is 0 Å². The van der Waals surface area contributed by atoms with Crippen LogP contribution in [0, 0.1) is 0 Å². The highest BCUT2D eigenvalue weighted by Gasteiger charge is 2.29. The molecule has 18 heavy (non-hydrogen) atoms. The van der Waals surface area contributed by atoms with Gasteiger partial charge < -0.3 is 10.5 Å². The summed E-state index contributed by atoms with van der Waals surface area (Å²) in [6, 6.07) is 9.89. The van der Waals surface area contributed by atoms with E-state index in [4.69, 9.17) is 10.5 Å². The summed E-state index contributed by atoms with van der Waals surface area (Å²) in [5.41, 5.74) is 8.53. The van der Waals surface area contributed by atoms with Crippen molar-refractivity contribution in [3.05, 3.63) is 36.0 Å². The molecule has 1 aliphatic carbocycles. The van der Waals surface area contributed by atoms with Crippen LogP contribution in [0.3, 0.4) is 0 Å². The van der Waals surface area contributed by atoms with Gasteiger partial charge in [-0.2, -0.15) is 4.98 Å². The van der Waals surface area contributed by atoms with Crippen LogP contribution in [0.15, 0.2) is 30.3 Å². The molecule has 1 saturated carbocycles. The predicted molar refractivity (Wildman–Crippen MR) is 70.4 cm³/mol. The molecule has 0 atom stereocenters. The van der Waals surface area contributed by atoms with Crippen LogP contribution in [-0.4, -0.2) is 17.1 Å². The van der Waals surface area contributed by atoms with E-state index in [1.165, 1.54) is 0 Å². The smallest absolute Gasteiger partial charge is 0.240 e. The maximum absolute atomic E-state index is 6.03. The van der Waals surface area contributed by atoms with Crippen molar-refractivity contribution in [2.75, 3.05) is 12.8 Å². The quantitative estimate of drug-likeness (QED) is 0.897. The van der Waals surface area contributed by atoms with Crippen LogP contribution < -0.4 is 10.5 Å². The van der Waals surface area contributed by atoms with Crippen molar-refractivity contribution in [3.63, 3.8) is 0 Å². The van der Waals surface area contributed by atoms with Gasteiger partial charge in [0.1, 0.15) is 5.69 Å². The molecule has 2 aromatic rings. The highest BCUT2D eigenvalue weighted by atomic mass is 16.5. The van der Waals surface area contributed by atoms with Crippen LogP contribution in [0.2, 0.25) is 0 Å². The Morgan fingerprint density at radius 2 is 1.89 bits per heavy atom.